The van der Waals surface area contributed by atoms with Crippen LogP contribution in [0.4, 0.5) is 11.6 Å². The molecule has 1 fully saturated rings. The molecule has 0 radical (unpaired) electrons. The maximum absolute atomic E-state index is 6.32. The number of halogens is 2. The summed E-state index contributed by atoms with van der Waals surface area (Å²) in [4.78, 5) is 17.6. The molecule has 0 aliphatic carbocycles. The van der Waals surface area contributed by atoms with E-state index >= 15 is 0 Å². The van der Waals surface area contributed by atoms with Crippen molar-refractivity contribution >= 4 is 39.2 Å². The smallest absolute Gasteiger partial charge is 0.158 e. The molecule has 1 aliphatic heterocycles. The third-order valence-corrected chi connectivity index (χ3v) is 4.78. The van der Waals surface area contributed by atoms with Crippen molar-refractivity contribution in [1.29, 1.82) is 0 Å². The molecular weight excluding hydrogens is 406 g/mol. The molecule has 0 amide bonds. The molecule has 4 heterocycles. The first-order valence-electron chi connectivity index (χ1n) is 7.84. The molecule has 3 aromatic rings. The van der Waals surface area contributed by atoms with Gasteiger partial charge in [0.05, 0.1) is 5.02 Å². The fourth-order valence-corrected chi connectivity index (χ4v) is 3.58. The fraction of sp³-hybridized carbons (Fsp3) is 0.250. The molecule has 0 aromatic carbocycles. The van der Waals surface area contributed by atoms with E-state index in [0.717, 1.165) is 48.1 Å². The lowest BCUT2D eigenvalue weighted by Gasteiger charge is -2.36. The van der Waals surface area contributed by atoms with Gasteiger partial charge in [-0.15, -0.1) is 0 Å². The van der Waals surface area contributed by atoms with Crippen LogP contribution in [0.1, 0.15) is 0 Å². The van der Waals surface area contributed by atoms with Gasteiger partial charge < -0.3 is 9.80 Å². The molecule has 0 atom stereocenters. The largest absolute Gasteiger partial charge is 0.353 e. The van der Waals surface area contributed by atoms with E-state index in [0.29, 0.717) is 5.02 Å². The van der Waals surface area contributed by atoms with Gasteiger partial charge in [-0.1, -0.05) is 11.6 Å². The highest BCUT2D eigenvalue weighted by Crippen LogP contribution is 2.27. The van der Waals surface area contributed by atoms with Crippen LogP contribution in [0, 0.1) is 0 Å². The predicted molar refractivity (Wildman–Crippen MR) is 101 cm³/mol. The van der Waals surface area contributed by atoms with Gasteiger partial charge in [0.2, 0.25) is 0 Å². The quantitative estimate of drug-likeness (QED) is 0.649. The number of anilines is 2. The summed E-state index contributed by atoms with van der Waals surface area (Å²) in [6.45, 7) is 3.33. The number of hydrogen-bond donors (Lipinski definition) is 0. The predicted octanol–water partition coefficient (Wildman–Crippen LogP) is 2.80. The summed E-state index contributed by atoms with van der Waals surface area (Å²) in [5, 5.41) is 4.87. The molecule has 3 aromatic heterocycles. The van der Waals surface area contributed by atoms with Crippen molar-refractivity contribution in [3.63, 3.8) is 0 Å². The number of nitrogens with zero attached hydrogens (tertiary/aromatic N) is 7. The first kappa shape index (κ1) is 16.3. The molecule has 7 nitrogen and oxygen atoms in total. The van der Waals surface area contributed by atoms with Gasteiger partial charge in [0.25, 0.3) is 0 Å². The van der Waals surface area contributed by atoms with E-state index < -0.39 is 0 Å². The molecule has 0 bridgehead atoms. The van der Waals surface area contributed by atoms with Crippen LogP contribution in [0.3, 0.4) is 0 Å². The van der Waals surface area contributed by atoms with Crippen molar-refractivity contribution in [2.45, 2.75) is 0 Å². The fourth-order valence-electron chi connectivity index (χ4n) is 2.83. The highest BCUT2D eigenvalue weighted by atomic mass is 79.9. The first-order valence-corrected chi connectivity index (χ1v) is 9.01. The number of piperazine rings is 1. The monoisotopic (exact) mass is 419 g/mol. The summed E-state index contributed by atoms with van der Waals surface area (Å²) in [5.41, 5.74) is 0. The zero-order chi connectivity index (χ0) is 17.2. The Morgan fingerprint density at radius 3 is 2.44 bits per heavy atom. The molecule has 0 unspecified atom stereocenters. The lowest BCUT2D eigenvalue weighted by Crippen LogP contribution is -2.47. The molecule has 0 N–H and O–H groups in total. The minimum atomic E-state index is 0.658. The molecule has 1 aliphatic rings. The summed E-state index contributed by atoms with van der Waals surface area (Å²) < 4.78 is 2.61. The van der Waals surface area contributed by atoms with Gasteiger partial charge in [0.1, 0.15) is 18.0 Å². The first-order chi connectivity index (χ1) is 12.2. The molecule has 9 heteroatoms. The average molecular weight is 421 g/mol. The molecule has 0 spiro atoms. The SMILES string of the molecule is Clc1cc(Br)cnc1N1CCN(c2cc(-n3cccn3)ncn2)CC1. The lowest BCUT2D eigenvalue weighted by molar-refractivity contribution is 0.640. The van der Waals surface area contributed by atoms with Gasteiger partial charge in [-0.2, -0.15) is 5.10 Å². The molecule has 0 saturated carbocycles. The lowest BCUT2D eigenvalue weighted by atomic mass is 10.3. The molecule has 128 valence electrons. The second-order valence-corrected chi connectivity index (χ2v) is 6.94. The van der Waals surface area contributed by atoms with Crippen LogP contribution in [0.5, 0.6) is 0 Å². The van der Waals surface area contributed by atoms with E-state index in [4.69, 9.17) is 11.6 Å². The molecule has 25 heavy (non-hydrogen) atoms. The maximum Gasteiger partial charge on any atom is 0.158 e. The highest BCUT2D eigenvalue weighted by molar-refractivity contribution is 9.10. The van der Waals surface area contributed by atoms with Crippen LogP contribution in [0.25, 0.3) is 5.82 Å². The third-order valence-electron chi connectivity index (χ3n) is 4.07. The number of hydrogen-bond acceptors (Lipinski definition) is 6. The van der Waals surface area contributed by atoms with Gasteiger partial charge >= 0.3 is 0 Å². The Morgan fingerprint density at radius 2 is 1.72 bits per heavy atom. The summed E-state index contributed by atoms with van der Waals surface area (Å²) in [7, 11) is 0. The average Bonchev–Trinajstić information content (AvgIpc) is 3.17. The van der Waals surface area contributed by atoms with E-state index in [-0.39, 0.29) is 0 Å². The summed E-state index contributed by atoms with van der Waals surface area (Å²) >= 11 is 9.70. The number of pyridine rings is 1. The number of rotatable bonds is 3. The minimum Gasteiger partial charge on any atom is -0.353 e. The van der Waals surface area contributed by atoms with Crippen LogP contribution in [-0.2, 0) is 0 Å². The van der Waals surface area contributed by atoms with Crippen molar-refractivity contribution < 1.29 is 0 Å². The van der Waals surface area contributed by atoms with E-state index in [1.165, 1.54) is 0 Å². The summed E-state index contributed by atoms with van der Waals surface area (Å²) in [6.07, 6.45) is 6.95. The van der Waals surface area contributed by atoms with Crippen molar-refractivity contribution in [2.24, 2.45) is 0 Å². The Morgan fingerprint density at radius 1 is 0.960 bits per heavy atom. The highest BCUT2D eigenvalue weighted by Gasteiger charge is 2.21. The van der Waals surface area contributed by atoms with Crippen molar-refractivity contribution in [3.05, 3.63) is 52.6 Å². The Hall–Kier alpha value is -2.19. The van der Waals surface area contributed by atoms with Crippen LogP contribution in [0.15, 0.2) is 47.6 Å². The third kappa shape index (κ3) is 3.45. The van der Waals surface area contributed by atoms with Crippen LogP contribution in [-0.4, -0.2) is 50.9 Å². The second-order valence-electron chi connectivity index (χ2n) is 5.62. The van der Waals surface area contributed by atoms with Gasteiger partial charge in [0.15, 0.2) is 5.82 Å². The zero-order valence-electron chi connectivity index (χ0n) is 13.3. The molecule has 1 saturated heterocycles. The Labute approximate surface area is 158 Å². The van der Waals surface area contributed by atoms with Gasteiger partial charge in [0, 0.05) is 55.3 Å². The van der Waals surface area contributed by atoms with E-state index in [9.17, 15) is 0 Å². The van der Waals surface area contributed by atoms with E-state index in [1.807, 2.05) is 24.4 Å². The number of aromatic nitrogens is 5. The maximum atomic E-state index is 6.32. The van der Waals surface area contributed by atoms with Crippen molar-refractivity contribution in [2.75, 3.05) is 36.0 Å². The van der Waals surface area contributed by atoms with Gasteiger partial charge in [-0.25, -0.2) is 19.6 Å². The molecule has 4 rings (SSSR count). The Balaban J connectivity index is 1.48. The van der Waals surface area contributed by atoms with E-state index in [2.05, 4.69) is 45.8 Å². The normalized spacial score (nSPS) is 14.8. The Kier molecular flexibility index (Phi) is 4.54. The standard InChI is InChI=1S/C16H15BrClN7/c17-12-8-13(18)16(19-10-12)24-6-4-23(5-7-24)14-9-15(21-11-20-14)25-3-1-2-22-25/h1-3,8-11H,4-7H2. The Bertz CT molecular complexity index is 863. The zero-order valence-corrected chi connectivity index (χ0v) is 15.6. The molecular formula is C16H15BrClN7. The minimum absolute atomic E-state index is 0.658. The van der Waals surface area contributed by atoms with Crippen LogP contribution < -0.4 is 9.80 Å². The summed E-state index contributed by atoms with van der Waals surface area (Å²) in [5.74, 6) is 2.48. The van der Waals surface area contributed by atoms with E-state index in [1.54, 1.807) is 23.4 Å². The van der Waals surface area contributed by atoms with Gasteiger partial charge in [-0.05, 0) is 28.1 Å². The van der Waals surface area contributed by atoms with Crippen molar-refractivity contribution in [3.8, 4) is 5.82 Å². The second kappa shape index (κ2) is 6.97. The topological polar surface area (TPSA) is 63.0 Å². The van der Waals surface area contributed by atoms with Crippen molar-refractivity contribution in [1.82, 2.24) is 24.7 Å². The summed E-state index contributed by atoms with van der Waals surface area (Å²) in [6, 6.07) is 5.69. The van der Waals surface area contributed by atoms with Gasteiger partial charge in [-0.3, -0.25) is 0 Å². The van der Waals surface area contributed by atoms with Crippen LogP contribution in [0.2, 0.25) is 5.02 Å². The van der Waals surface area contributed by atoms with Crippen LogP contribution >= 0.6 is 27.5 Å².